The fourth-order valence-electron chi connectivity index (χ4n) is 1.81. The van der Waals surface area contributed by atoms with Gasteiger partial charge >= 0.3 is 5.97 Å². The Balaban J connectivity index is 2.83. The van der Waals surface area contributed by atoms with Crippen molar-refractivity contribution >= 4 is 27.3 Å². The minimum absolute atomic E-state index is 0.00959. The summed E-state index contributed by atoms with van der Waals surface area (Å²) in [4.78, 5) is 11.0. The SMILES string of the molecule is Cc1cc(S(=O)(=O)NCC(C)(C)CCCO)sc1C(=O)O. The second kappa shape index (κ2) is 6.87. The van der Waals surface area contributed by atoms with Gasteiger partial charge in [0.1, 0.15) is 9.09 Å². The molecule has 3 N–H and O–H groups in total. The zero-order valence-electron chi connectivity index (χ0n) is 12.3. The molecule has 0 saturated heterocycles. The lowest BCUT2D eigenvalue weighted by Crippen LogP contribution is -2.33. The summed E-state index contributed by atoms with van der Waals surface area (Å²) in [5.41, 5.74) is 0.157. The maximum atomic E-state index is 12.2. The van der Waals surface area contributed by atoms with Gasteiger partial charge in [-0.15, -0.1) is 11.3 Å². The van der Waals surface area contributed by atoms with Gasteiger partial charge in [-0.3, -0.25) is 0 Å². The molecule has 1 aromatic heterocycles. The molecule has 0 atom stereocenters. The highest BCUT2D eigenvalue weighted by Gasteiger charge is 2.25. The number of hydrogen-bond acceptors (Lipinski definition) is 5. The maximum absolute atomic E-state index is 12.2. The number of carboxylic acids is 1. The fraction of sp³-hybridized carbons (Fsp3) is 0.615. The van der Waals surface area contributed by atoms with Crippen LogP contribution in [0.2, 0.25) is 0 Å². The largest absolute Gasteiger partial charge is 0.477 e. The van der Waals surface area contributed by atoms with Crippen molar-refractivity contribution in [2.24, 2.45) is 5.41 Å². The monoisotopic (exact) mass is 335 g/mol. The highest BCUT2D eigenvalue weighted by atomic mass is 32.2. The highest BCUT2D eigenvalue weighted by molar-refractivity contribution is 7.91. The molecule has 8 heteroatoms. The molecule has 0 saturated carbocycles. The van der Waals surface area contributed by atoms with Crippen molar-refractivity contribution in [1.82, 2.24) is 4.72 Å². The Morgan fingerprint density at radius 1 is 1.43 bits per heavy atom. The number of nitrogens with one attached hydrogen (secondary N) is 1. The zero-order chi connectivity index (χ0) is 16.3. The number of thiophene rings is 1. The summed E-state index contributed by atoms with van der Waals surface area (Å²) in [5.74, 6) is -1.12. The predicted molar refractivity (Wildman–Crippen MR) is 81.3 cm³/mol. The van der Waals surface area contributed by atoms with E-state index in [1.165, 1.54) is 6.07 Å². The van der Waals surface area contributed by atoms with Crippen LogP contribution in [0, 0.1) is 12.3 Å². The smallest absolute Gasteiger partial charge is 0.346 e. The van der Waals surface area contributed by atoms with Crippen LogP contribution in [0.5, 0.6) is 0 Å². The molecule has 21 heavy (non-hydrogen) atoms. The summed E-state index contributed by atoms with van der Waals surface area (Å²) in [5, 5.41) is 17.8. The van der Waals surface area contributed by atoms with Gasteiger partial charge in [-0.05, 0) is 36.8 Å². The standard InChI is InChI=1S/C13H21NO5S2/c1-9-7-10(20-11(9)12(16)17)21(18,19)14-8-13(2,3)5-4-6-15/h7,14-15H,4-6,8H2,1-3H3,(H,16,17). The fourth-order valence-corrected chi connectivity index (χ4v) is 4.47. The molecule has 1 rings (SSSR count). The van der Waals surface area contributed by atoms with Crippen molar-refractivity contribution in [3.63, 3.8) is 0 Å². The molecule has 6 nitrogen and oxygen atoms in total. The Kier molecular flexibility index (Phi) is 5.92. The first-order chi connectivity index (χ1) is 9.59. The Hall–Kier alpha value is -0.960. The van der Waals surface area contributed by atoms with E-state index in [4.69, 9.17) is 10.2 Å². The number of aryl methyl sites for hydroxylation is 1. The lowest BCUT2D eigenvalue weighted by molar-refractivity contribution is 0.0701. The van der Waals surface area contributed by atoms with Gasteiger partial charge in [0.2, 0.25) is 10.0 Å². The van der Waals surface area contributed by atoms with E-state index in [1.54, 1.807) is 6.92 Å². The van der Waals surface area contributed by atoms with E-state index < -0.39 is 16.0 Å². The number of sulfonamides is 1. The van der Waals surface area contributed by atoms with E-state index in [-0.39, 0.29) is 27.7 Å². The van der Waals surface area contributed by atoms with E-state index in [0.717, 1.165) is 11.3 Å². The third-order valence-corrected chi connectivity index (χ3v) is 6.21. The molecular formula is C13H21NO5S2. The Bertz CT molecular complexity index is 604. The lowest BCUT2D eigenvalue weighted by atomic mass is 9.88. The number of aliphatic hydroxyl groups excluding tert-OH is 1. The number of aromatic carboxylic acids is 1. The highest BCUT2D eigenvalue weighted by Crippen LogP contribution is 2.27. The quantitative estimate of drug-likeness (QED) is 0.672. The van der Waals surface area contributed by atoms with Gasteiger partial charge in [0.15, 0.2) is 0 Å². The third-order valence-electron chi connectivity index (χ3n) is 3.11. The normalized spacial score (nSPS) is 12.6. The van der Waals surface area contributed by atoms with Crippen LogP contribution in [0.25, 0.3) is 0 Å². The summed E-state index contributed by atoms with van der Waals surface area (Å²) < 4.78 is 26.9. The predicted octanol–water partition coefficient (Wildman–Crippen LogP) is 1.83. The molecule has 0 fully saturated rings. The number of hydrogen-bond donors (Lipinski definition) is 3. The average Bonchev–Trinajstić information content (AvgIpc) is 2.77. The summed E-state index contributed by atoms with van der Waals surface area (Å²) in [6.45, 7) is 5.70. The van der Waals surface area contributed by atoms with Gasteiger partial charge in [-0.1, -0.05) is 13.8 Å². The molecular weight excluding hydrogens is 314 g/mol. The van der Waals surface area contributed by atoms with Gasteiger partial charge in [-0.2, -0.15) is 0 Å². The molecule has 0 aromatic carbocycles. The first-order valence-electron chi connectivity index (χ1n) is 6.53. The van der Waals surface area contributed by atoms with Gasteiger partial charge in [0.25, 0.3) is 0 Å². The summed E-state index contributed by atoms with van der Waals surface area (Å²) in [6, 6.07) is 1.37. The third kappa shape index (κ3) is 5.06. The van der Waals surface area contributed by atoms with Crippen molar-refractivity contribution in [3.8, 4) is 0 Å². The van der Waals surface area contributed by atoms with Crippen molar-refractivity contribution in [2.45, 2.75) is 37.8 Å². The van der Waals surface area contributed by atoms with Crippen molar-refractivity contribution in [1.29, 1.82) is 0 Å². The summed E-state index contributed by atoms with van der Waals surface area (Å²) in [6.07, 6.45) is 1.30. The van der Waals surface area contributed by atoms with Crippen LogP contribution in [0.4, 0.5) is 0 Å². The molecule has 0 amide bonds. The molecule has 120 valence electrons. The molecule has 0 aliphatic carbocycles. The van der Waals surface area contributed by atoms with Crippen LogP contribution >= 0.6 is 11.3 Å². The second-order valence-electron chi connectivity index (χ2n) is 5.70. The first-order valence-corrected chi connectivity index (χ1v) is 8.83. The molecule has 1 aromatic rings. The number of carboxylic acid groups (broad SMARTS) is 1. The zero-order valence-corrected chi connectivity index (χ0v) is 14.0. The lowest BCUT2D eigenvalue weighted by Gasteiger charge is -2.24. The van der Waals surface area contributed by atoms with Crippen LogP contribution < -0.4 is 4.72 Å². The van der Waals surface area contributed by atoms with Crippen molar-refractivity contribution in [2.75, 3.05) is 13.2 Å². The van der Waals surface area contributed by atoms with E-state index in [9.17, 15) is 13.2 Å². The van der Waals surface area contributed by atoms with Gasteiger partial charge in [0.05, 0.1) is 0 Å². The first kappa shape index (κ1) is 18.1. The van der Waals surface area contributed by atoms with E-state index in [2.05, 4.69) is 4.72 Å². The molecule has 0 bridgehead atoms. The Labute approximate surface area is 128 Å². The van der Waals surface area contributed by atoms with Crippen LogP contribution in [0.1, 0.15) is 41.9 Å². The molecule has 0 aliphatic heterocycles. The van der Waals surface area contributed by atoms with Gasteiger partial charge in [0, 0.05) is 13.2 Å². The van der Waals surface area contributed by atoms with Crippen LogP contribution in [0.3, 0.4) is 0 Å². The van der Waals surface area contributed by atoms with Crippen molar-refractivity contribution < 1.29 is 23.4 Å². The molecule has 0 radical (unpaired) electrons. The van der Waals surface area contributed by atoms with Crippen molar-refractivity contribution in [3.05, 3.63) is 16.5 Å². The van der Waals surface area contributed by atoms with E-state index >= 15 is 0 Å². The molecule has 1 heterocycles. The Morgan fingerprint density at radius 3 is 2.52 bits per heavy atom. The minimum Gasteiger partial charge on any atom is -0.477 e. The number of aliphatic hydroxyl groups is 1. The van der Waals surface area contributed by atoms with E-state index in [1.807, 2.05) is 13.8 Å². The molecule has 0 spiro atoms. The topological polar surface area (TPSA) is 104 Å². The summed E-state index contributed by atoms with van der Waals surface area (Å²) in [7, 11) is -3.71. The number of carbonyl (C=O) groups is 1. The van der Waals surface area contributed by atoms with E-state index in [0.29, 0.717) is 18.4 Å². The molecule has 0 unspecified atom stereocenters. The molecule has 0 aliphatic rings. The average molecular weight is 335 g/mol. The summed E-state index contributed by atoms with van der Waals surface area (Å²) >= 11 is 0.753. The Morgan fingerprint density at radius 2 is 2.05 bits per heavy atom. The van der Waals surface area contributed by atoms with Gasteiger partial charge in [-0.25, -0.2) is 17.9 Å². The number of rotatable bonds is 8. The van der Waals surface area contributed by atoms with Crippen LogP contribution in [-0.4, -0.2) is 37.8 Å². The van der Waals surface area contributed by atoms with Gasteiger partial charge < -0.3 is 10.2 Å². The maximum Gasteiger partial charge on any atom is 0.346 e. The second-order valence-corrected chi connectivity index (χ2v) is 8.74. The van der Waals surface area contributed by atoms with Crippen LogP contribution in [-0.2, 0) is 10.0 Å². The van der Waals surface area contributed by atoms with Crippen LogP contribution in [0.15, 0.2) is 10.3 Å². The minimum atomic E-state index is -3.71.